The second-order valence-corrected chi connectivity index (χ2v) is 3.03. The topological polar surface area (TPSA) is 34.9 Å². The molecule has 1 heterocycles. The third kappa shape index (κ3) is 2.15. The molecule has 0 N–H and O–H groups in total. The Hall–Kier alpha value is -0.640. The number of hydrogen-bond acceptors (Lipinski definition) is 2. The molecule has 4 heteroatoms. The van der Waals surface area contributed by atoms with Gasteiger partial charge in [0.2, 0.25) is 0 Å². The molecular formula is C7H9BrN2O. The molecule has 0 unspecified atom stereocenters. The summed E-state index contributed by atoms with van der Waals surface area (Å²) in [5, 5.41) is 3.98. The Morgan fingerprint density at radius 1 is 1.64 bits per heavy atom. The Kier molecular flexibility index (Phi) is 2.82. The van der Waals surface area contributed by atoms with Crippen LogP contribution in [0.2, 0.25) is 0 Å². The van der Waals surface area contributed by atoms with Gasteiger partial charge in [0.25, 0.3) is 5.56 Å². The fourth-order valence-corrected chi connectivity index (χ4v) is 1.12. The fourth-order valence-electron chi connectivity index (χ4n) is 0.796. The lowest BCUT2D eigenvalue weighted by Crippen LogP contribution is -2.21. The van der Waals surface area contributed by atoms with Crippen molar-refractivity contribution in [2.45, 2.75) is 19.9 Å². The largest absolute Gasteiger partial charge is 0.268 e. The van der Waals surface area contributed by atoms with Crippen molar-refractivity contribution in [1.82, 2.24) is 9.78 Å². The van der Waals surface area contributed by atoms with Crippen LogP contribution in [0, 0.1) is 0 Å². The van der Waals surface area contributed by atoms with Crippen LogP contribution in [0.1, 0.15) is 13.3 Å². The highest BCUT2D eigenvalue weighted by molar-refractivity contribution is 9.10. The number of aromatic nitrogens is 2. The molecule has 60 valence electrons. The molecule has 0 atom stereocenters. The van der Waals surface area contributed by atoms with Crippen molar-refractivity contribution in [3.63, 3.8) is 0 Å². The molecule has 1 rings (SSSR count). The second kappa shape index (κ2) is 3.67. The Labute approximate surface area is 73.2 Å². The summed E-state index contributed by atoms with van der Waals surface area (Å²) in [6.45, 7) is 2.69. The average molecular weight is 217 g/mol. The minimum absolute atomic E-state index is 0.0462. The fraction of sp³-hybridized carbons (Fsp3) is 0.429. The smallest absolute Gasteiger partial charge is 0.266 e. The van der Waals surface area contributed by atoms with Crippen LogP contribution in [0.5, 0.6) is 0 Å². The molecule has 3 nitrogen and oxygen atoms in total. The van der Waals surface area contributed by atoms with Crippen LogP contribution in [-0.4, -0.2) is 9.78 Å². The minimum atomic E-state index is -0.0462. The third-order valence-corrected chi connectivity index (χ3v) is 1.69. The molecule has 0 amide bonds. The summed E-state index contributed by atoms with van der Waals surface area (Å²) in [7, 11) is 0. The summed E-state index contributed by atoms with van der Waals surface area (Å²) in [5.41, 5.74) is -0.0462. The van der Waals surface area contributed by atoms with E-state index in [1.807, 2.05) is 6.92 Å². The maximum absolute atomic E-state index is 11.0. The molecule has 0 aliphatic carbocycles. The number of hydrogen-bond donors (Lipinski definition) is 0. The first-order valence-electron chi connectivity index (χ1n) is 3.47. The molecule has 0 aromatic carbocycles. The van der Waals surface area contributed by atoms with Crippen LogP contribution >= 0.6 is 15.9 Å². The van der Waals surface area contributed by atoms with Gasteiger partial charge in [0, 0.05) is 12.6 Å². The highest BCUT2D eigenvalue weighted by atomic mass is 79.9. The molecule has 0 saturated heterocycles. The van der Waals surface area contributed by atoms with Crippen LogP contribution in [0.3, 0.4) is 0 Å². The van der Waals surface area contributed by atoms with Gasteiger partial charge in [-0.25, -0.2) is 4.68 Å². The summed E-state index contributed by atoms with van der Waals surface area (Å²) in [5.74, 6) is 0. The molecule has 0 aliphatic heterocycles. The van der Waals surface area contributed by atoms with Gasteiger partial charge in [-0.3, -0.25) is 4.79 Å². The van der Waals surface area contributed by atoms with Crippen LogP contribution < -0.4 is 5.56 Å². The number of nitrogens with zero attached hydrogens (tertiary/aromatic N) is 2. The van der Waals surface area contributed by atoms with Crippen LogP contribution in [0.4, 0.5) is 0 Å². The molecule has 1 aromatic rings. The van der Waals surface area contributed by atoms with Crippen LogP contribution in [0.15, 0.2) is 21.5 Å². The van der Waals surface area contributed by atoms with Gasteiger partial charge in [-0.2, -0.15) is 5.10 Å². The molecule has 0 radical (unpaired) electrons. The van der Waals surface area contributed by atoms with E-state index in [9.17, 15) is 4.79 Å². The van der Waals surface area contributed by atoms with Gasteiger partial charge in [-0.15, -0.1) is 0 Å². The average Bonchev–Trinajstić information content (AvgIpc) is 1.98. The van der Waals surface area contributed by atoms with E-state index in [1.165, 1.54) is 10.7 Å². The molecule has 1 aromatic heterocycles. The number of rotatable bonds is 2. The maximum Gasteiger partial charge on any atom is 0.266 e. The third-order valence-electron chi connectivity index (χ3n) is 1.27. The van der Waals surface area contributed by atoms with E-state index in [0.717, 1.165) is 6.42 Å². The Morgan fingerprint density at radius 3 is 3.00 bits per heavy atom. The molecule has 0 bridgehead atoms. The second-order valence-electron chi connectivity index (χ2n) is 2.22. The van der Waals surface area contributed by atoms with Gasteiger partial charge in [-0.1, -0.05) is 6.92 Å². The first-order chi connectivity index (χ1) is 5.24. The van der Waals surface area contributed by atoms with E-state index < -0.39 is 0 Å². The quantitative estimate of drug-likeness (QED) is 0.750. The van der Waals surface area contributed by atoms with Crippen molar-refractivity contribution < 1.29 is 0 Å². The lowest BCUT2D eigenvalue weighted by Gasteiger charge is -2.00. The summed E-state index contributed by atoms with van der Waals surface area (Å²) >= 11 is 3.20. The Balaban J connectivity index is 3.03. The van der Waals surface area contributed by atoms with Gasteiger partial charge in [0.15, 0.2) is 0 Å². The van der Waals surface area contributed by atoms with Gasteiger partial charge in [0.1, 0.15) is 4.60 Å². The highest BCUT2D eigenvalue weighted by Gasteiger charge is 1.95. The lowest BCUT2D eigenvalue weighted by molar-refractivity contribution is 0.562. The zero-order valence-electron chi connectivity index (χ0n) is 6.25. The van der Waals surface area contributed by atoms with Gasteiger partial charge in [-0.05, 0) is 28.4 Å². The Morgan fingerprint density at radius 2 is 2.36 bits per heavy atom. The van der Waals surface area contributed by atoms with E-state index in [1.54, 1.807) is 6.07 Å². The standard InChI is InChI=1S/C7H9BrN2O/c1-2-5-10-7(11)4-3-6(8)9-10/h3-4H,2,5H2,1H3. The molecule has 0 fully saturated rings. The van der Waals surface area contributed by atoms with Crippen molar-refractivity contribution in [2.75, 3.05) is 0 Å². The van der Waals surface area contributed by atoms with Gasteiger partial charge < -0.3 is 0 Å². The SMILES string of the molecule is CCCn1nc(Br)ccc1=O. The van der Waals surface area contributed by atoms with E-state index in [-0.39, 0.29) is 5.56 Å². The summed E-state index contributed by atoms with van der Waals surface area (Å²) < 4.78 is 2.15. The van der Waals surface area contributed by atoms with Crippen LogP contribution in [0.25, 0.3) is 0 Å². The van der Waals surface area contributed by atoms with Crippen molar-refractivity contribution in [3.05, 3.63) is 27.1 Å². The normalized spacial score (nSPS) is 10.0. The maximum atomic E-state index is 11.0. The van der Waals surface area contributed by atoms with E-state index in [0.29, 0.717) is 11.1 Å². The summed E-state index contributed by atoms with van der Waals surface area (Å²) in [6.07, 6.45) is 0.920. The molecule has 0 aliphatic rings. The molecule has 11 heavy (non-hydrogen) atoms. The first kappa shape index (κ1) is 8.46. The van der Waals surface area contributed by atoms with E-state index in [4.69, 9.17) is 0 Å². The van der Waals surface area contributed by atoms with E-state index >= 15 is 0 Å². The highest BCUT2D eigenvalue weighted by Crippen LogP contribution is 1.99. The van der Waals surface area contributed by atoms with Gasteiger partial charge >= 0.3 is 0 Å². The molecular weight excluding hydrogens is 208 g/mol. The number of halogens is 1. The monoisotopic (exact) mass is 216 g/mol. The zero-order valence-corrected chi connectivity index (χ0v) is 7.84. The van der Waals surface area contributed by atoms with Gasteiger partial charge in [0.05, 0.1) is 0 Å². The molecule has 0 spiro atoms. The predicted octanol–water partition coefficient (Wildman–Crippen LogP) is 1.42. The predicted molar refractivity (Wildman–Crippen MR) is 46.5 cm³/mol. The number of aryl methyl sites for hydroxylation is 1. The first-order valence-corrected chi connectivity index (χ1v) is 4.27. The summed E-state index contributed by atoms with van der Waals surface area (Å²) in [4.78, 5) is 11.0. The lowest BCUT2D eigenvalue weighted by atomic mass is 10.5. The van der Waals surface area contributed by atoms with Crippen molar-refractivity contribution in [3.8, 4) is 0 Å². The minimum Gasteiger partial charge on any atom is -0.268 e. The van der Waals surface area contributed by atoms with Crippen molar-refractivity contribution in [2.24, 2.45) is 0 Å². The Bertz CT molecular complexity index is 295. The zero-order chi connectivity index (χ0) is 8.27. The van der Waals surface area contributed by atoms with Crippen LogP contribution in [-0.2, 0) is 6.54 Å². The molecule has 0 saturated carbocycles. The summed E-state index contributed by atoms with van der Waals surface area (Å²) in [6, 6.07) is 3.15. The van der Waals surface area contributed by atoms with E-state index in [2.05, 4.69) is 21.0 Å². The van der Waals surface area contributed by atoms with Crippen molar-refractivity contribution >= 4 is 15.9 Å². The van der Waals surface area contributed by atoms with Crippen molar-refractivity contribution in [1.29, 1.82) is 0 Å².